The first kappa shape index (κ1) is 70.2. The number of amides is 6. The highest BCUT2D eigenvalue weighted by atomic mass is 19.1. The van der Waals surface area contributed by atoms with E-state index in [-0.39, 0.29) is 51.1 Å². The lowest BCUT2D eigenvalue weighted by Gasteiger charge is -2.36. The normalized spacial score (nSPS) is 16.5. The summed E-state index contributed by atoms with van der Waals surface area (Å²) < 4.78 is 56.6. The van der Waals surface area contributed by atoms with Crippen LogP contribution in [0.3, 0.4) is 0 Å². The fourth-order valence-corrected chi connectivity index (χ4v) is 10.7. The minimum absolute atomic E-state index is 0.0312. The summed E-state index contributed by atoms with van der Waals surface area (Å²) in [6, 6.07) is 33.6. The van der Waals surface area contributed by atoms with E-state index in [1.807, 2.05) is 81.4 Å². The van der Waals surface area contributed by atoms with Crippen molar-refractivity contribution in [2.75, 3.05) is 116 Å². The zero-order valence-electron chi connectivity index (χ0n) is 54.1. The number of alkyl carbamates (subject to hydrolysis) is 2. The number of rotatable bonds is 23. The molecule has 9 rings (SSSR count). The van der Waals surface area contributed by atoms with Crippen LogP contribution in [0.5, 0.6) is 0 Å². The number of hydrogen-bond acceptors (Lipinski definition) is 18. The molecule has 504 valence electrons. The number of esters is 1. The summed E-state index contributed by atoms with van der Waals surface area (Å²) in [5.74, 6) is -2.39. The summed E-state index contributed by atoms with van der Waals surface area (Å²) in [6.07, 6.45) is 0.147. The Morgan fingerprint density at radius 2 is 1.00 bits per heavy atom. The standard InChI is InChI=1S/C39H47FN6O8.C29H38FN5O5/c1-39(2,3)54-37(50)41-23-31-25-46(38(51)53-31)30-16-17-33(32(40)22-30)44-18-20-45(21-19-44)35(48)11-7-10-27-12-14-29(15-13-27)43-42-24-34(47)36(49)52-26-28-8-5-4-6-9-28;1-29(2,3)40-27(37)32-18-23-19-35(28(38)39-23)22-11-12-25(24(30)17-22)33-13-15-34(16-14-33)26(36)6-4-5-20-7-9-21(31)10-8-20/h4-6,8-9,12-17,22,31,42-43H,7,10-11,18-21,23-26H2,1-3H3,(H,41,50);7-12,17,23H,4-6,13-16,18-19,31H2,1-3H3,(H,32,37)/t31-;23-/m00/s1. The van der Waals surface area contributed by atoms with E-state index in [2.05, 4.69) is 21.5 Å². The van der Waals surface area contributed by atoms with E-state index in [1.165, 1.54) is 21.9 Å². The van der Waals surface area contributed by atoms with Crippen LogP contribution in [0.15, 0.2) is 115 Å². The molecule has 5 aromatic rings. The lowest BCUT2D eigenvalue weighted by Crippen LogP contribution is -2.49. The first-order chi connectivity index (χ1) is 44.8. The summed E-state index contributed by atoms with van der Waals surface area (Å²) in [6.45, 7) is 14.7. The Bertz CT molecular complexity index is 3430. The fourth-order valence-electron chi connectivity index (χ4n) is 10.7. The monoisotopic (exact) mass is 1300 g/mol. The van der Waals surface area contributed by atoms with E-state index < -0.39 is 71.2 Å². The van der Waals surface area contributed by atoms with Gasteiger partial charge in [-0.2, -0.15) is 0 Å². The lowest BCUT2D eigenvalue weighted by molar-refractivity contribution is -0.154. The number of piperazine rings is 2. The molecule has 4 heterocycles. The van der Waals surface area contributed by atoms with E-state index in [0.717, 1.165) is 35.2 Å². The molecular weight excluding hydrogens is 1220 g/mol. The van der Waals surface area contributed by atoms with Crippen molar-refractivity contribution in [1.29, 1.82) is 0 Å². The van der Waals surface area contributed by atoms with Crippen molar-refractivity contribution < 1.29 is 70.8 Å². The number of carbonyl (C=O) groups excluding carboxylic acids is 8. The van der Waals surface area contributed by atoms with Crippen molar-refractivity contribution in [2.24, 2.45) is 0 Å². The number of nitrogen functional groups attached to an aromatic ring is 1. The summed E-state index contributed by atoms with van der Waals surface area (Å²) in [7, 11) is 0. The van der Waals surface area contributed by atoms with Gasteiger partial charge < -0.3 is 65.1 Å². The largest absolute Gasteiger partial charge is 0.455 e. The molecule has 0 aliphatic carbocycles. The van der Waals surface area contributed by atoms with Gasteiger partial charge in [-0.15, -0.1) is 0 Å². The number of cyclic esters (lactones) is 2. The molecular formula is C68H85F2N11O13. The summed E-state index contributed by atoms with van der Waals surface area (Å²) in [5.41, 5.74) is 16.0. The third-order valence-electron chi connectivity index (χ3n) is 15.5. The number of anilines is 6. The predicted molar refractivity (Wildman–Crippen MR) is 350 cm³/mol. The molecule has 0 spiro atoms. The van der Waals surface area contributed by atoms with E-state index >= 15 is 8.78 Å². The van der Waals surface area contributed by atoms with Gasteiger partial charge in [0.15, 0.2) is 0 Å². The molecule has 24 nitrogen and oxygen atoms in total. The van der Waals surface area contributed by atoms with E-state index in [0.29, 0.717) is 106 Å². The number of benzene rings is 5. The van der Waals surface area contributed by atoms with Crippen LogP contribution >= 0.6 is 0 Å². The Morgan fingerprint density at radius 3 is 1.43 bits per heavy atom. The topological polar surface area (TPSA) is 276 Å². The van der Waals surface area contributed by atoms with Crippen molar-refractivity contribution in [2.45, 2.75) is 110 Å². The Kier molecular flexibility index (Phi) is 24.4. The summed E-state index contributed by atoms with van der Waals surface area (Å²) in [4.78, 5) is 108. The smallest absolute Gasteiger partial charge is 0.414 e. The summed E-state index contributed by atoms with van der Waals surface area (Å²) >= 11 is 0. The first-order valence-electron chi connectivity index (χ1n) is 31.5. The number of nitrogens with two attached hydrogens (primary N) is 1. The number of ketones is 1. The van der Waals surface area contributed by atoms with Gasteiger partial charge in [0.05, 0.1) is 55.5 Å². The van der Waals surface area contributed by atoms with Gasteiger partial charge in [-0.25, -0.2) is 38.2 Å². The number of aryl methyl sites for hydroxylation is 2. The van der Waals surface area contributed by atoms with E-state index in [4.69, 9.17) is 29.4 Å². The molecule has 94 heavy (non-hydrogen) atoms. The molecule has 4 aliphatic heterocycles. The Balaban J connectivity index is 0.000000252. The molecule has 6 N–H and O–H groups in total. The van der Waals surface area contributed by atoms with Gasteiger partial charge in [-0.05, 0) is 145 Å². The molecule has 26 heteroatoms. The number of hydrazine groups is 1. The SMILES string of the molecule is CC(C)(C)OC(=O)NC[C@H]1CN(c2ccc(N3CCN(C(=O)CCCc4ccc(N)cc4)CC3)c(F)c2)C(=O)O1.CC(C)(C)OC(=O)NC[C@H]1CN(c2ccc(N3CCN(C(=O)CCCc4ccc(NNCC(=O)C(=O)OCc5ccccc5)cc4)CC3)c(F)c2)C(=O)O1. The lowest BCUT2D eigenvalue weighted by atomic mass is 10.1. The maximum atomic E-state index is 15.3. The van der Waals surface area contributed by atoms with E-state index in [9.17, 15) is 38.4 Å². The molecule has 0 saturated carbocycles. The Morgan fingerprint density at radius 1 is 0.564 bits per heavy atom. The van der Waals surface area contributed by atoms with Crippen LogP contribution in [0.4, 0.5) is 62.1 Å². The maximum absolute atomic E-state index is 15.3. The zero-order valence-corrected chi connectivity index (χ0v) is 54.1. The summed E-state index contributed by atoms with van der Waals surface area (Å²) in [5, 5.41) is 5.18. The van der Waals surface area contributed by atoms with Gasteiger partial charge >= 0.3 is 30.3 Å². The van der Waals surface area contributed by atoms with Crippen LogP contribution in [0.25, 0.3) is 0 Å². The van der Waals surface area contributed by atoms with Crippen molar-refractivity contribution in [3.63, 3.8) is 0 Å². The van der Waals surface area contributed by atoms with Crippen LogP contribution < -0.4 is 46.8 Å². The van der Waals surface area contributed by atoms with Crippen LogP contribution in [-0.2, 0) is 62.3 Å². The third kappa shape index (κ3) is 21.4. The van der Waals surface area contributed by atoms with Crippen LogP contribution in [0.1, 0.15) is 83.9 Å². The van der Waals surface area contributed by atoms with Crippen LogP contribution in [0.2, 0.25) is 0 Å². The molecule has 0 aromatic heterocycles. The van der Waals surface area contributed by atoms with Crippen LogP contribution in [0, 0.1) is 11.6 Å². The molecule has 5 aromatic carbocycles. The van der Waals surface area contributed by atoms with Crippen molar-refractivity contribution >= 4 is 82.1 Å². The maximum Gasteiger partial charge on any atom is 0.414 e. The number of carbonyl (C=O) groups is 8. The molecule has 4 saturated heterocycles. The van der Waals surface area contributed by atoms with Gasteiger partial charge in [0, 0.05) is 76.6 Å². The molecule has 6 amide bonds. The van der Waals surface area contributed by atoms with Gasteiger partial charge in [-0.1, -0.05) is 54.6 Å². The highest BCUT2D eigenvalue weighted by Gasteiger charge is 2.36. The number of ether oxygens (including phenoxy) is 5. The quantitative estimate of drug-likeness (QED) is 0.0135. The second kappa shape index (κ2) is 32.7. The molecule has 0 unspecified atom stereocenters. The molecule has 2 atom stereocenters. The average molecular weight is 1300 g/mol. The minimum atomic E-state index is -0.906. The van der Waals surface area contributed by atoms with Crippen molar-refractivity contribution in [1.82, 2.24) is 25.9 Å². The van der Waals surface area contributed by atoms with Crippen molar-refractivity contribution in [3.8, 4) is 0 Å². The molecule has 4 fully saturated rings. The second-order valence-electron chi connectivity index (χ2n) is 25.1. The van der Waals surface area contributed by atoms with Gasteiger partial charge in [-0.3, -0.25) is 24.2 Å². The second-order valence-corrected chi connectivity index (χ2v) is 25.1. The van der Waals surface area contributed by atoms with Gasteiger partial charge in [0.2, 0.25) is 11.8 Å². The van der Waals surface area contributed by atoms with Crippen molar-refractivity contribution in [3.05, 3.63) is 144 Å². The minimum Gasteiger partial charge on any atom is -0.455 e. The Labute approximate surface area is 546 Å². The van der Waals surface area contributed by atoms with E-state index in [1.54, 1.807) is 82.8 Å². The number of hydrogen-bond donors (Lipinski definition) is 5. The first-order valence-corrected chi connectivity index (χ1v) is 31.5. The highest BCUT2D eigenvalue weighted by Crippen LogP contribution is 2.31. The number of Topliss-reactive ketones (excluding diaryl/α,β-unsaturated/α-hetero) is 1. The van der Waals surface area contributed by atoms with Gasteiger partial charge in [0.25, 0.3) is 5.78 Å². The number of nitrogens with one attached hydrogen (secondary N) is 4. The van der Waals surface area contributed by atoms with Crippen LogP contribution in [-0.4, -0.2) is 166 Å². The molecule has 0 bridgehead atoms. The number of halogens is 2. The number of nitrogens with zero attached hydrogens (tertiary/aromatic N) is 6. The average Bonchev–Trinajstić information content (AvgIpc) is 1.56. The zero-order chi connectivity index (χ0) is 67.5. The van der Waals surface area contributed by atoms with Gasteiger partial charge in [0.1, 0.15) is 41.7 Å². The molecule has 4 aliphatic rings. The highest BCUT2D eigenvalue weighted by molar-refractivity contribution is 6.34. The third-order valence-corrected chi connectivity index (χ3v) is 15.5. The predicted octanol–water partition coefficient (Wildman–Crippen LogP) is 8.51. The fraction of sp³-hybridized carbons (Fsp3) is 0.441. The Hall–Kier alpha value is -9.72. The molecule has 0 radical (unpaired) electrons.